The van der Waals surface area contributed by atoms with Gasteiger partial charge in [-0.1, -0.05) is 47.3 Å². The first kappa shape index (κ1) is 12.8. The maximum Gasteiger partial charge on any atom is 0.127 e. The first-order valence-electron chi connectivity index (χ1n) is 6.76. The van der Waals surface area contributed by atoms with Crippen molar-refractivity contribution in [1.29, 1.82) is 0 Å². The molecule has 1 heterocycles. The Bertz CT molecular complexity index is 460. The zero-order valence-electron chi connectivity index (χ0n) is 10.6. The highest BCUT2D eigenvalue weighted by atomic mass is 79.9. The number of rotatable bonds is 2. The molecule has 0 amide bonds. The van der Waals surface area contributed by atoms with Crippen LogP contribution in [0.1, 0.15) is 42.1 Å². The van der Waals surface area contributed by atoms with E-state index >= 15 is 0 Å². The predicted molar refractivity (Wildman–Crippen MR) is 78.8 cm³/mol. The minimum atomic E-state index is 0.376. The standard InChI is InChI=1S/C15H18BrClO/c1-9-3-2-4-12(9)14(16)13-8-11(17)7-10-5-6-18-15(10)13/h7-9,12,14H,2-6H2,1H3. The molecule has 98 valence electrons. The van der Waals surface area contributed by atoms with Crippen molar-refractivity contribution in [3.05, 3.63) is 28.3 Å². The molecule has 1 nitrogen and oxygen atoms in total. The van der Waals surface area contributed by atoms with Crippen LogP contribution in [-0.2, 0) is 6.42 Å². The lowest BCUT2D eigenvalue weighted by Gasteiger charge is -2.24. The summed E-state index contributed by atoms with van der Waals surface area (Å²) in [5, 5.41) is 0.837. The zero-order valence-corrected chi connectivity index (χ0v) is 12.9. The Labute approximate surface area is 122 Å². The molecule has 2 aliphatic rings. The van der Waals surface area contributed by atoms with Gasteiger partial charge in [-0.2, -0.15) is 0 Å². The summed E-state index contributed by atoms with van der Waals surface area (Å²) in [7, 11) is 0. The van der Waals surface area contributed by atoms with Crippen LogP contribution in [0, 0.1) is 11.8 Å². The van der Waals surface area contributed by atoms with Gasteiger partial charge >= 0.3 is 0 Å². The highest BCUT2D eigenvalue weighted by molar-refractivity contribution is 9.09. The fourth-order valence-corrected chi connectivity index (χ4v) is 4.72. The van der Waals surface area contributed by atoms with E-state index in [0.717, 1.165) is 29.7 Å². The van der Waals surface area contributed by atoms with Gasteiger partial charge in [0, 0.05) is 21.8 Å². The highest BCUT2D eigenvalue weighted by Crippen LogP contribution is 2.49. The fraction of sp³-hybridized carbons (Fsp3) is 0.600. The molecule has 3 rings (SSSR count). The summed E-state index contributed by atoms with van der Waals surface area (Å²) in [6.45, 7) is 3.15. The number of benzene rings is 1. The van der Waals surface area contributed by atoms with Gasteiger partial charge in [-0.15, -0.1) is 0 Å². The van der Waals surface area contributed by atoms with Crippen molar-refractivity contribution in [1.82, 2.24) is 0 Å². The van der Waals surface area contributed by atoms with Crippen LogP contribution in [0.2, 0.25) is 5.02 Å². The molecular formula is C15H18BrClO. The van der Waals surface area contributed by atoms with Crippen LogP contribution in [0.5, 0.6) is 5.75 Å². The molecule has 0 N–H and O–H groups in total. The summed E-state index contributed by atoms with van der Waals surface area (Å²) in [6, 6.07) is 4.13. The van der Waals surface area contributed by atoms with Crippen molar-refractivity contribution in [3.8, 4) is 5.75 Å². The first-order valence-corrected chi connectivity index (χ1v) is 8.05. The fourth-order valence-electron chi connectivity index (χ4n) is 3.34. The van der Waals surface area contributed by atoms with Gasteiger partial charge in [0.15, 0.2) is 0 Å². The van der Waals surface area contributed by atoms with Crippen LogP contribution >= 0.6 is 27.5 Å². The molecule has 0 spiro atoms. The second-order valence-electron chi connectivity index (χ2n) is 5.56. The zero-order chi connectivity index (χ0) is 12.7. The predicted octanol–water partition coefficient (Wildman–Crippen LogP) is 5.15. The van der Waals surface area contributed by atoms with Gasteiger partial charge < -0.3 is 4.74 Å². The molecular weight excluding hydrogens is 312 g/mol. The Morgan fingerprint density at radius 1 is 1.39 bits per heavy atom. The quantitative estimate of drug-likeness (QED) is 0.682. The molecule has 1 aliphatic carbocycles. The molecule has 0 aromatic heterocycles. The van der Waals surface area contributed by atoms with Crippen molar-refractivity contribution >= 4 is 27.5 Å². The third-order valence-corrected chi connectivity index (χ3v) is 5.77. The Balaban J connectivity index is 1.96. The lowest BCUT2D eigenvalue weighted by atomic mass is 9.89. The van der Waals surface area contributed by atoms with Crippen LogP contribution in [0.3, 0.4) is 0 Å². The average molecular weight is 330 g/mol. The van der Waals surface area contributed by atoms with E-state index in [4.69, 9.17) is 16.3 Å². The Morgan fingerprint density at radius 3 is 2.94 bits per heavy atom. The molecule has 1 saturated carbocycles. The largest absolute Gasteiger partial charge is 0.493 e. The lowest BCUT2D eigenvalue weighted by Crippen LogP contribution is -2.11. The van der Waals surface area contributed by atoms with E-state index in [-0.39, 0.29) is 0 Å². The van der Waals surface area contributed by atoms with Gasteiger partial charge in [0.05, 0.1) is 6.61 Å². The smallest absolute Gasteiger partial charge is 0.127 e. The molecule has 0 saturated heterocycles. The van der Waals surface area contributed by atoms with Crippen LogP contribution < -0.4 is 4.74 Å². The summed E-state index contributed by atoms with van der Waals surface area (Å²) >= 11 is 10.1. The van der Waals surface area contributed by atoms with Crippen molar-refractivity contribution in [2.24, 2.45) is 11.8 Å². The number of hydrogen-bond donors (Lipinski definition) is 0. The highest BCUT2D eigenvalue weighted by Gasteiger charge is 2.33. The normalized spacial score (nSPS) is 27.9. The molecule has 0 radical (unpaired) electrons. The maximum absolute atomic E-state index is 6.24. The van der Waals surface area contributed by atoms with Gasteiger partial charge in [0.1, 0.15) is 5.75 Å². The number of ether oxygens (including phenoxy) is 1. The SMILES string of the molecule is CC1CCCC1C(Br)c1cc(Cl)cc2c1OCC2. The van der Waals surface area contributed by atoms with Crippen molar-refractivity contribution in [2.45, 2.75) is 37.4 Å². The van der Waals surface area contributed by atoms with Crippen molar-refractivity contribution in [2.75, 3.05) is 6.61 Å². The third-order valence-electron chi connectivity index (χ3n) is 4.38. The lowest BCUT2D eigenvalue weighted by molar-refractivity contribution is 0.346. The monoisotopic (exact) mass is 328 g/mol. The summed E-state index contributed by atoms with van der Waals surface area (Å²) in [5.74, 6) is 2.57. The average Bonchev–Trinajstić information content (AvgIpc) is 2.95. The minimum Gasteiger partial charge on any atom is -0.493 e. The van der Waals surface area contributed by atoms with E-state index in [2.05, 4.69) is 28.9 Å². The Kier molecular flexibility index (Phi) is 3.59. The topological polar surface area (TPSA) is 9.23 Å². The van der Waals surface area contributed by atoms with Crippen molar-refractivity contribution in [3.63, 3.8) is 0 Å². The molecule has 3 atom stereocenters. The van der Waals surface area contributed by atoms with Crippen molar-refractivity contribution < 1.29 is 4.74 Å². The van der Waals surface area contributed by atoms with Gasteiger partial charge in [-0.3, -0.25) is 0 Å². The van der Waals surface area contributed by atoms with Crippen LogP contribution in [-0.4, -0.2) is 6.61 Å². The van der Waals surface area contributed by atoms with Crippen LogP contribution in [0.25, 0.3) is 0 Å². The summed E-state index contributed by atoms with van der Waals surface area (Å²) in [5.41, 5.74) is 2.53. The van der Waals surface area contributed by atoms with E-state index in [1.807, 2.05) is 6.07 Å². The number of fused-ring (bicyclic) bond motifs is 1. The summed E-state index contributed by atoms with van der Waals surface area (Å²) in [4.78, 5) is 0.376. The third kappa shape index (κ3) is 2.18. The van der Waals surface area contributed by atoms with Gasteiger partial charge in [-0.05, 0) is 36.0 Å². The molecule has 3 heteroatoms. The molecule has 1 fully saturated rings. The molecule has 3 unspecified atom stereocenters. The Morgan fingerprint density at radius 2 is 2.22 bits per heavy atom. The summed E-state index contributed by atoms with van der Waals surface area (Å²) in [6.07, 6.45) is 4.98. The minimum absolute atomic E-state index is 0.376. The van der Waals surface area contributed by atoms with E-state index in [1.54, 1.807) is 0 Å². The maximum atomic E-state index is 6.24. The second kappa shape index (κ2) is 5.05. The van der Waals surface area contributed by atoms with Crippen LogP contribution in [0.4, 0.5) is 0 Å². The van der Waals surface area contributed by atoms with Gasteiger partial charge in [0.25, 0.3) is 0 Å². The Hall–Kier alpha value is -0.210. The number of halogens is 2. The van der Waals surface area contributed by atoms with Gasteiger partial charge in [-0.25, -0.2) is 0 Å². The van der Waals surface area contributed by atoms with Gasteiger partial charge in [0.2, 0.25) is 0 Å². The second-order valence-corrected chi connectivity index (χ2v) is 6.98. The van der Waals surface area contributed by atoms with Crippen LogP contribution in [0.15, 0.2) is 12.1 Å². The van der Waals surface area contributed by atoms with E-state index in [0.29, 0.717) is 10.7 Å². The molecule has 0 bridgehead atoms. The van der Waals surface area contributed by atoms with E-state index in [1.165, 1.54) is 30.4 Å². The summed E-state index contributed by atoms with van der Waals surface area (Å²) < 4.78 is 5.81. The molecule has 1 aromatic carbocycles. The number of hydrogen-bond acceptors (Lipinski definition) is 1. The van der Waals surface area contributed by atoms with E-state index < -0.39 is 0 Å². The molecule has 1 aliphatic heterocycles. The molecule has 1 aromatic rings. The molecule has 18 heavy (non-hydrogen) atoms. The van der Waals surface area contributed by atoms with E-state index in [9.17, 15) is 0 Å². The first-order chi connectivity index (χ1) is 8.66. The number of alkyl halides is 1.